The number of likely N-dealkylation sites (tertiary alicyclic amines) is 1. The maximum absolute atomic E-state index is 13.5. The molecule has 37 heavy (non-hydrogen) atoms. The second-order valence-corrected chi connectivity index (χ2v) is 10.6. The van der Waals surface area contributed by atoms with Gasteiger partial charge in [-0.05, 0) is 74.4 Å². The van der Waals surface area contributed by atoms with Crippen LogP contribution >= 0.6 is 0 Å². The summed E-state index contributed by atoms with van der Waals surface area (Å²) in [5.41, 5.74) is 4.85. The van der Waals surface area contributed by atoms with Crippen molar-refractivity contribution < 1.29 is 23.2 Å². The maximum atomic E-state index is 13.5. The number of fused-ring (bicyclic) bond motifs is 2. The SMILES string of the molecule is COc1c(C)ccc2c1C[C@@H](C1CCN(CC(C)Cc3noc4cc(F)ccc34)CC1)O[C@H]2CNC=O. The third-order valence-corrected chi connectivity index (χ3v) is 7.95. The summed E-state index contributed by atoms with van der Waals surface area (Å²) in [4.78, 5) is 13.5. The fourth-order valence-electron chi connectivity index (χ4n) is 6.13. The number of amides is 1. The first-order valence-corrected chi connectivity index (χ1v) is 13.2. The Balaban J connectivity index is 1.20. The van der Waals surface area contributed by atoms with Crippen molar-refractivity contribution in [2.75, 3.05) is 33.3 Å². The molecule has 0 spiro atoms. The van der Waals surface area contributed by atoms with Crippen LogP contribution < -0.4 is 10.1 Å². The van der Waals surface area contributed by atoms with E-state index in [2.05, 4.69) is 41.4 Å². The Morgan fingerprint density at radius 2 is 2.08 bits per heavy atom. The maximum Gasteiger partial charge on any atom is 0.207 e. The zero-order valence-electron chi connectivity index (χ0n) is 21.8. The number of nitrogens with one attached hydrogen (secondary N) is 1. The highest BCUT2D eigenvalue weighted by atomic mass is 19.1. The van der Waals surface area contributed by atoms with Crippen molar-refractivity contribution >= 4 is 17.4 Å². The Kier molecular flexibility index (Phi) is 7.76. The number of hydrogen-bond donors (Lipinski definition) is 1. The number of ether oxygens (including phenoxy) is 2. The van der Waals surface area contributed by atoms with Crippen molar-refractivity contribution in [1.82, 2.24) is 15.4 Å². The molecule has 0 bridgehead atoms. The number of halogens is 1. The van der Waals surface area contributed by atoms with Gasteiger partial charge in [0.05, 0.1) is 18.9 Å². The zero-order valence-corrected chi connectivity index (χ0v) is 21.8. The van der Waals surface area contributed by atoms with E-state index in [1.807, 2.05) is 0 Å². The predicted molar refractivity (Wildman–Crippen MR) is 139 cm³/mol. The van der Waals surface area contributed by atoms with Gasteiger partial charge in [-0.2, -0.15) is 0 Å². The summed E-state index contributed by atoms with van der Waals surface area (Å²) in [6, 6.07) is 8.78. The highest BCUT2D eigenvalue weighted by Crippen LogP contribution is 2.41. The lowest BCUT2D eigenvalue weighted by atomic mass is 9.82. The molecule has 3 heterocycles. The second kappa shape index (κ2) is 11.2. The molecule has 3 aromatic rings. The molecule has 198 valence electrons. The number of piperidine rings is 1. The molecular weight excluding hydrogens is 473 g/mol. The summed E-state index contributed by atoms with van der Waals surface area (Å²) in [6.07, 6.45) is 4.43. The van der Waals surface area contributed by atoms with Gasteiger partial charge in [-0.25, -0.2) is 4.39 Å². The summed E-state index contributed by atoms with van der Waals surface area (Å²) < 4.78 is 31.2. The van der Waals surface area contributed by atoms with Gasteiger partial charge in [-0.3, -0.25) is 4.79 Å². The lowest BCUT2D eigenvalue weighted by Gasteiger charge is -2.41. The molecule has 0 radical (unpaired) electrons. The van der Waals surface area contributed by atoms with Crippen molar-refractivity contribution in [1.29, 1.82) is 0 Å². The first-order chi connectivity index (χ1) is 18.0. The van der Waals surface area contributed by atoms with Gasteiger partial charge in [-0.1, -0.05) is 24.2 Å². The lowest BCUT2D eigenvalue weighted by molar-refractivity contribution is -0.111. The van der Waals surface area contributed by atoms with Crippen molar-refractivity contribution in [2.24, 2.45) is 11.8 Å². The Morgan fingerprint density at radius 1 is 1.27 bits per heavy atom. The Labute approximate surface area is 217 Å². The van der Waals surface area contributed by atoms with Crippen molar-refractivity contribution in [3.63, 3.8) is 0 Å². The summed E-state index contributed by atoms with van der Waals surface area (Å²) in [6.45, 7) is 7.79. The van der Waals surface area contributed by atoms with E-state index in [1.54, 1.807) is 13.2 Å². The zero-order chi connectivity index (χ0) is 25.9. The Bertz CT molecular complexity index is 1240. The third-order valence-electron chi connectivity index (χ3n) is 7.95. The number of carbonyl (C=O) groups is 1. The Morgan fingerprint density at radius 3 is 2.84 bits per heavy atom. The van der Waals surface area contributed by atoms with Gasteiger partial charge in [0.15, 0.2) is 5.58 Å². The topological polar surface area (TPSA) is 76.8 Å². The Hall–Kier alpha value is -2.97. The number of hydrogen-bond acceptors (Lipinski definition) is 6. The van der Waals surface area contributed by atoms with Crippen LogP contribution in [0.15, 0.2) is 34.9 Å². The monoisotopic (exact) mass is 509 g/mol. The van der Waals surface area contributed by atoms with Gasteiger partial charge < -0.3 is 24.2 Å². The van der Waals surface area contributed by atoms with E-state index in [0.717, 1.165) is 79.7 Å². The van der Waals surface area contributed by atoms with E-state index in [0.29, 0.717) is 24.0 Å². The van der Waals surface area contributed by atoms with Crippen LogP contribution in [0.4, 0.5) is 4.39 Å². The van der Waals surface area contributed by atoms with Crippen molar-refractivity contribution in [3.05, 3.63) is 58.5 Å². The quantitative estimate of drug-likeness (QED) is 0.425. The molecule has 8 heteroatoms. The average molecular weight is 510 g/mol. The molecule has 2 aliphatic rings. The smallest absolute Gasteiger partial charge is 0.207 e. The van der Waals surface area contributed by atoms with E-state index in [-0.39, 0.29) is 18.0 Å². The molecule has 1 fully saturated rings. The normalized spacial score (nSPS) is 21.5. The minimum atomic E-state index is -0.309. The minimum absolute atomic E-state index is 0.100. The molecule has 0 saturated carbocycles. The average Bonchev–Trinajstić information content (AvgIpc) is 3.28. The number of carbonyl (C=O) groups excluding carboxylic acids is 1. The largest absolute Gasteiger partial charge is 0.496 e. The molecule has 3 atom stereocenters. The fraction of sp³-hybridized carbons (Fsp3) is 0.517. The first kappa shape index (κ1) is 25.7. The molecular formula is C29H36FN3O4. The second-order valence-electron chi connectivity index (χ2n) is 10.6. The molecule has 2 aliphatic heterocycles. The van der Waals surface area contributed by atoms with Crippen LogP contribution in [0.1, 0.15) is 48.3 Å². The van der Waals surface area contributed by atoms with Gasteiger partial charge in [0.2, 0.25) is 6.41 Å². The third kappa shape index (κ3) is 5.50. The summed E-state index contributed by atoms with van der Waals surface area (Å²) in [7, 11) is 1.73. The van der Waals surface area contributed by atoms with Gasteiger partial charge in [0.1, 0.15) is 17.7 Å². The van der Waals surface area contributed by atoms with Crippen LogP contribution in [0.25, 0.3) is 11.0 Å². The van der Waals surface area contributed by atoms with Gasteiger partial charge in [0.25, 0.3) is 0 Å². The highest BCUT2D eigenvalue weighted by molar-refractivity contribution is 5.79. The van der Waals surface area contributed by atoms with E-state index in [9.17, 15) is 9.18 Å². The molecule has 5 rings (SSSR count). The van der Waals surface area contributed by atoms with E-state index in [4.69, 9.17) is 14.0 Å². The molecule has 2 aromatic carbocycles. The van der Waals surface area contributed by atoms with Crippen LogP contribution in [-0.2, 0) is 22.4 Å². The van der Waals surface area contributed by atoms with Crippen LogP contribution in [0.2, 0.25) is 0 Å². The summed E-state index contributed by atoms with van der Waals surface area (Å²) in [5.74, 6) is 1.49. The molecule has 1 saturated heterocycles. The molecule has 1 aromatic heterocycles. The van der Waals surface area contributed by atoms with Gasteiger partial charge >= 0.3 is 0 Å². The van der Waals surface area contributed by atoms with Crippen molar-refractivity contribution in [2.45, 2.75) is 51.7 Å². The summed E-state index contributed by atoms with van der Waals surface area (Å²) in [5, 5.41) is 7.90. The molecule has 0 aliphatic carbocycles. The number of aromatic nitrogens is 1. The highest BCUT2D eigenvalue weighted by Gasteiger charge is 2.36. The van der Waals surface area contributed by atoms with Gasteiger partial charge in [0, 0.05) is 36.5 Å². The lowest BCUT2D eigenvalue weighted by Crippen LogP contribution is -2.43. The number of aryl methyl sites for hydroxylation is 1. The fourth-order valence-corrected chi connectivity index (χ4v) is 6.13. The van der Waals surface area contributed by atoms with Crippen LogP contribution in [0, 0.1) is 24.6 Å². The number of rotatable bonds is 9. The molecule has 1 unspecified atom stereocenters. The molecule has 7 nitrogen and oxygen atoms in total. The van der Waals surface area contributed by atoms with Gasteiger partial charge in [-0.15, -0.1) is 0 Å². The first-order valence-electron chi connectivity index (χ1n) is 13.2. The van der Waals surface area contributed by atoms with Crippen molar-refractivity contribution in [3.8, 4) is 5.75 Å². The predicted octanol–water partition coefficient (Wildman–Crippen LogP) is 4.60. The van der Waals surface area contributed by atoms with Crippen LogP contribution in [-0.4, -0.2) is 55.9 Å². The minimum Gasteiger partial charge on any atom is -0.496 e. The van der Waals surface area contributed by atoms with Crippen LogP contribution in [0.5, 0.6) is 5.75 Å². The summed E-state index contributed by atoms with van der Waals surface area (Å²) >= 11 is 0. The van der Waals surface area contributed by atoms with Crippen LogP contribution in [0.3, 0.4) is 0 Å². The van der Waals surface area contributed by atoms with E-state index >= 15 is 0 Å². The van der Waals surface area contributed by atoms with E-state index < -0.39 is 0 Å². The number of nitrogens with zero attached hydrogens (tertiary/aromatic N) is 2. The van der Waals surface area contributed by atoms with E-state index in [1.165, 1.54) is 17.7 Å². The molecule has 1 amide bonds. The number of methoxy groups -OCH3 is 1. The molecule has 1 N–H and O–H groups in total. The number of benzene rings is 2. The standard InChI is InChI=1S/C29H36FN3O4/c1-18(12-25-23-7-5-21(30)13-27(23)37-32-25)16-33-10-8-20(9-11-33)26-14-24-22(28(36-26)15-31-17-34)6-4-19(2)29(24)35-3/h4-7,13,17-18,20,26,28H,8-12,14-16H2,1-3H3,(H,31,34)/t18?,26-,28-/m0/s1.